The Hall–Kier alpha value is -3.44. The number of benzene rings is 2. The molecule has 9 nitrogen and oxygen atoms in total. The van der Waals surface area contributed by atoms with Crippen molar-refractivity contribution in [3.63, 3.8) is 0 Å². The molecule has 2 rings (SSSR count). The first-order valence-electron chi connectivity index (χ1n) is 9.59. The van der Waals surface area contributed by atoms with E-state index in [4.69, 9.17) is 42.6 Å². The molecule has 0 heterocycles. The third kappa shape index (κ3) is 7.79. The Labute approximate surface area is 220 Å². The van der Waals surface area contributed by atoms with Gasteiger partial charge in [-0.05, 0) is 50.6 Å². The maximum absolute atomic E-state index is 6.27. The Kier molecular flexibility index (Phi) is 10.2. The first-order chi connectivity index (χ1) is 16.6. The van der Waals surface area contributed by atoms with Gasteiger partial charge in [-0.15, -0.1) is 0 Å². The van der Waals surface area contributed by atoms with Crippen molar-refractivity contribution in [2.24, 2.45) is 0 Å². The third-order valence-electron chi connectivity index (χ3n) is 3.98. The lowest BCUT2D eigenvalue weighted by Gasteiger charge is -2.21. The summed E-state index contributed by atoms with van der Waals surface area (Å²) in [6, 6.07) is 6.46. The summed E-state index contributed by atoms with van der Waals surface area (Å²) in [5.74, 6) is 0.801. The Bertz CT molecular complexity index is 962. The molecule has 0 aromatic heterocycles. The lowest BCUT2D eigenvalue weighted by Crippen LogP contribution is -2.05. The fourth-order valence-electron chi connectivity index (χ4n) is 2.35. The molecule has 0 saturated carbocycles. The molecule has 0 saturated heterocycles. The van der Waals surface area contributed by atoms with Gasteiger partial charge in [0.2, 0.25) is 11.5 Å². The van der Waals surface area contributed by atoms with E-state index in [0.29, 0.717) is 8.95 Å². The van der Waals surface area contributed by atoms with Crippen LogP contribution in [0.1, 0.15) is 0 Å². The molecule has 0 fully saturated rings. The summed E-state index contributed by atoms with van der Waals surface area (Å²) in [6.07, 6.45) is 0. The molecule has 0 bridgehead atoms. The average molecular weight is 616 g/mol. The summed E-state index contributed by atoms with van der Waals surface area (Å²) in [5.41, 5.74) is 0. The molecule has 0 aliphatic rings. The molecule has 2 aromatic rings. The third-order valence-corrected chi connectivity index (χ3v) is 4.90. The molecule has 0 spiro atoms. The molecule has 35 heavy (non-hydrogen) atoms. The van der Waals surface area contributed by atoms with Gasteiger partial charge in [0.05, 0.1) is 28.4 Å². The fourth-order valence-corrected chi connectivity index (χ4v) is 3.18. The molecule has 11 heteroatoms. The van der Waals surface area contributed by atoms with Gasteiger partial charge in [0.15, 0.2) is 23.0 Å². The van der Waals surface area contributed by atoms with Crippen molar-refractivity contribution in [3.8, 4) is 34.5 Å². The largest absolute Gasteiger partial charge is 0.469 e. The van der Waals surface area contributed by atoms with E-state index >= 15 is 0 Å². The van der Waals surface area contributed by atoms with E-state index < -0.39 is 0 Å². The summed E-state index contributed by atoms with van der Waals surface area (Å²) in [4.78, 5) is 0. The number of hydrogen-bond donors (Lipinski definition) is 0. The zero-order valence-corrected chi connectivity index (χ0v) is 22.7. The quantitative estimate of drug-likeness (QED) is 0.209. The van der Waals surface area contributed by atoms with Crippen molar-refractivity contribution in [1.82, 2.24) is 0 Å². The van der Waals surface area contributed by atoms with Crippen LogP contribution < -0.4 is 23.7 Å². The molecule has 0 radical (unpaired) electrons. The maximum Gasteiger partial charge on any atom is 0.276 e. The molecule has 0 aliphatic carbocycles. The summed E-state index contributed by atoms with van der Waals surface area (Å²) >= 11 is 6.82. The average Bonchev–Trinajstić information content (AvgIpc) is 2.81. The van der Waals surface area contributed by atoms with Crippen LogP contribution in [-0.4, -0.2) is 28.4 Å². The van der Waals surface area contributed by atoms with E-state index in [1.54, 1.807) is 24.3 Å². The molecule has 0 N–H and O–H groups in total. The van der Waals surface area contributed by atoms with Gasteiger partial charge in [0.1, 0.15) is 0 Å². The van der Waals surface area contributed by atoms with Gasteiger partial charge in [-0.1, -0.05) is 31.9 Å². The minimum Gasteiger partial charge on any atom is -0.469 e. The number of hydrogen-bond acceptors (Lipinski definition) is 9. The highest BCUT2D eigenvalue weighted by molar-refractivity contribution is 9.10. The predicted octanol–water partition coefficient (Wildman–Crippen LogP) is 6.99. The minimum absolute atomic E-state index is 0.00579. The monoisotopic (exact) mass is 614 g/mol. The zero-order valence-electron chi connectivity index (χ0n) is 19.6. The summed E-state index contributed by atoms with van der Waals surface area (Å²) in [7, 11) is 5.63. The highest BCUT2D eigenvalue weighted by Crippen LogP contribution is 2.50. The summed E-state index contributed by atoms with van der Waals surface area (Å²) < 4.78 is 50.5. The van der Waals surface area contributed by atoms with Gasteiger partial charge >= 0.3 is 0 Å². The van der Waals surface area contributed by atoms with Crippen molar-refractivity contribution < 1.29 is 42.6 Å². The Morgan fingerprint density at radius 3 is 0.943 bits per heavy atom. The van der Waals surface area contributed by atoms with E-state index in [1.807, 2.05) is 0 Å². The van der Waals surface area contributed by atoms with E-state index in [1.165, 1.54) is 28.4 Å². The van der Waals surface area contributed by atoms with Crippen LogP contribution in [0.15, 0.2) is 83.3 Å². The van der Waals surface area contributed by atoms with Crippen molar-refractivity contribution in [3.05, 3.63) is 83.3 Å². The molecule has 188 valence electrons. The van der Waals surface area contributed by atoms with Crippen LogP contribution >= 0.6 is 31.9 Å². The standard InChI is InChI=1S/C24H24Br2O9/c1-13(27-5)31-19-9-17(25)10-20(32-14(2)28-6)23(19)35-24-21(33-15(3)29-7)11-18(26)12-22(24)34-16(4)30-8/h9-12H,1-4H2,5-8H3. The smallest absolute Gasteiger partial charge is 0.276 e. The number of rotatable bonds is 14. The summed E-state index contributed by atoms with van der Waals surface area (Å²) in [5, 5.41) is 0. The van der Waals surface area contributed by atoms with E-state index in [-0.39, 0.29) is 58.3 Å². The van der Waals surface area contributed by atoms with Gasteiger partial charge in [-0.2, -0.15) is 0 Å². The number of halogens is 2. The second-order valence-electron chi connectivity index (χ2n) is 6.28. The summed E-state index contributed by atoms with van der Waals surface area (Å²) in [6.45, 7) is 14.8. The van der Waals surface area contributed by atoms with Crippen LogP contribution in [0.25, 0.3) is 0 Å². The topological polar surface area (TPSA) is 83.1 Å². The van der Waals surface area contributed by atoms with Crippen LogP contribution in [0.2, 0.25) is 0 Å². The lowest BCUT2D eigenvalue weighted by molar-refractivity contribution is 0.137. The highest BCUT2D eigenvalue weighted by atomic mass is 79.9. The molecule has 2 aromatic carbocycles. The number of ether oxygens (including phenoxy) is 9. The van der Waals surface area contributed by atoms with Gasteiger partial charge in [0.25, 0.3) is 23.8 Å². The first-order valence-corrected chi connectivity index (χ1v) is 11.2. The van der Waals surface area contributed by atoms with E-state index in [9.17, 15) is 0 Å². The minimum atomic E-state index is -0.00579. The van der Waals surface area contributed by atoms with Crippen molar-refractivity contribution >= 4 is 31.9 Å². The molecular formula is C24H24Br2O9. The van der Waals surface area contributed by atoms with Gasteiger partial charge < -0.3 is 42.6 Å². The fraction of sp³-hybridized carbons (Fsp3) is 0.167. The Balaban J connectivity index is 2.76. The molecule has 0 aliphatic heterocycles. The maximum atomic E-state index is 6.27. The zero-order chi connectivity index (χ0) is 26.1. The second kappa shape index (κ2) is 12.9. The van der Waals surface area contributed by atoms with Crippen molar-refractivity contribution in [2.45, 2.75) is 0 Å². The SMILES string of the molecule is C=C(OC)Oc1cc(Br)cc(OC(=C)OC)c1Oc1c(OC(=C)OC)cc(Br)cc1OC(=C)OC. The Morgan fingerprint density at radius 1 is 0.514 bits per heavy atom. The van der Waals surface area contributed by atoms with Gasteiger partial charge in [-0.25, -0.2) is 0 Å². The van der Waals surface area contributed by atoms with Crippen LogP contribution in [-0.2, 0) is 18.9 Å². The van der Waals surface area contributed by atoms with Gasteiger partial charge in [-0.3, -0.25) is 0 Å². The highest BCUT2D eigenvalue weighted by Gasteiger charge is 2.24. The normalized spacial score (nSPS) is 9.89. The van der Waals surface area contributed by atoms with Crippen molar-refractivity contribution in [2.75, 3.05) is 28.4 Å². The van der Waals surface area contributed by atoms with Crippen LogP contribution in [0.4, 0.5) is 0 Å². The van der Waals surface area contributed by atoms with E-state index in [0.717, 1.165) is 0 Å². The molecule has 0 amide bonds. The lowest BCUT2D eigenvalue weighted by atomic mass is 10.2. The Morgan fingerprint density at radius 2 is 0.743 bits per heavy atom. The predicted molar refractivity (Wildman–Crippen MR) is 135 cm³/mol. The van der Waals surface area contributed by atoms with Crippen LogP contribution in [0.3, 0.4) is 0 Å². The molecular weight excluding hydrogens is 592 g/mol. The van der Waals surface area contributed by atoms with Crippen LogP contribution in [0, 0.1) is 0 Å². The second-order valence-corrected chi connectivity index (χ2v) is 8.11. The molecule has 0 unspecified atom stereocenters. The van der Waals surface area contributed by atoms with Crippen molar-refractivity contribution in [1.29, 1.82) is 0 Å². The number of methoxy groups -OCH3 is 4. The van der Waals surface area contributed by atoms with E-state index in [2.05, 4.69) is 58.2 Å². The van der Waals surface area contributed by atoms with Crippen LogP contribution in [0.5, 0.6) is 34.5 Å². The first kappa shape index (κ1) is 27.8. The van der Waals surface area contributed by atoms with Gasteiger partial charge in [0, 0.05) is 8.95 Å². The molecule has 0 atom stereocenters.